The van der Waals surface area contributed by atoms with Crippen molar-refractivity contribution in [3.63, 3.8) is 0 Å². The van der Waals surface area contributed by atoms with Crippen LogP contribution in [0.3, 0.4) is 0 Å². The summed E-state index contributed by atoms with van der Waals surface area (Å²) in [5.41, 5.74) is 3.69. The summed E-state index contributed by atoms with van der Waals surface area (Å²) in [5.74, 6) is -0.605. The van der Waals surface area contributed by atoms with Gasteiger partial charge in [0.2, 0.25) is 0 Å². The monoisotopic (exact) mass is 536 g/mol. The number of rotatable bonds is 3. The molecule has 6 atom stereocenters. The fourth-order valence-corrected chi connectivity index (χ4v) is 9.37. The van der Waals surface area contributed by atoms with E-state index in [-0.39, 0.29) is 21.7 Å². The first-order valence-corrected chi connectivity index (χ1v) is 14.5. The van der Waals surface area contributed by atoms with Gasteiger partial charge in [0.05, 0.1) is 5.41 Å². The molecule has 0 saturated heterocycles. The Hall–Kier alpha value is -2.63. The molecule has 39 heavy (non-hydrogen) atoms. The van der Waals surface area contributed by atoms with Crippen LogP contribution in [0.1, 0.15) is 110 Å². The second kappa shape index (κ2) is 8.68. The molecule has 0 amide bonds. The van der Waals surface area contributed by atoms with Gasteiger partial charge in [-0.1, -0.05) is 39.3 Å². The maximum Gasteiger partial charge on any atom is 0.309 e. The minimum atomic E-state index is -0.678. The van der Waals surface area contributed by atoms with Gasteiger partial charge in [0.15, 0.2) is 11.5 Å². The van der Waals surface area contributed by atoms with Crippen molar-refractivity contribution in [2.75, 3.05) is 0 Å². The summed E-state index contributed by atoms with van der Waals surface area (Å²) >= 11 is 0. The lowest BCUT2D eigenvalue weighted by atomic mass is 9.34. The van der Waals surface area contributed by atoms with Crippen molar-refractivity contribution < 1.29 is 29.0 Å². The highest BCUT2D eigenvalue weighted by Gasteiger charge is 2.67. The van der Waals surface area contributed by atoms with Crippen LogP contribution in [-0.2, 0) is 26.2 Å². The fraction of sp³-hybridized carbons (Fsp3) is 0.667. The highest BCUT2D eigenvalue weighted by molar-refractivity contribution is 5.76. The Morgan fingerprint density at radius 3 is 2.15 bits per heavy atom. The van der Waals surface area contributed by atoms with Gasteiger partial charge in [0.25, 0.3) is 0 Å². The van der Waals surface area contributed by atoms with Gasteiger partial charge in [-0.15, -0.1) is 0 Å². The van der Waals surface area contributed by atoms with Gasteiger partial charge >= 0.3 is 17.9 Å². The fourth-order valence-electron chi connectivity index (χ4n) is 9.37. The van der Waals surface area contributed by atoms with Crippen LogP contribution in [-0.4, -0.2) is 23.0 Å². The first-order chi connectivity index (χ1) is 18.0. The van der Waals surface area contributed by atoms with Gasteiger partial charge in [-0.05, 0) is 110 Å². The molecule has 0 spiro atoms. The van der Waals surface area contributed by atoms with E-state index in [1.807, 2.05) is 19.9 Å². The van der Waals surface area contributed by atoms with E-state index in [9.17, 15) is 19.5 Å². The molecule has 3 saturated carbocycles. The van der Waals surface area contributed by atoms with Crippen LogP contribution in [0.5, 0.6) is 11.5 Å². The van der Waals surface area contributed by atoms with E-state index in [0.29, 0.717) is 17.4 Å². The molecular formula is C33H44O6. The molecule has 0 heterocycles. The molecule has 3 fully saturated rings. The second-order valence-corrected chi connectivity index (χ2v) is 14.2. The minimum absolute atomic E-state index is 0.0224. The minimum Gasteiger partial charge on any atom is -0.481 e. The van der Waals surface area contributed by atoms with Crippen LogP contribution in [0, 0.1) is 34.5 Å². The number of carbonyl (C=O) groups excluding carboxylic acids is 2. The Balaban J connectivity index is 1.63. The van der Waals surface area contributed by atoms with Gasteiger partial charge in [-0.2, -0.15) is 0 Å². The average Bonchev–Trinajstić information content (AvgIpc) is 2.84. The standard InChI is InChI=1S/C33H44O6/c1-19-22-9-10-25-31(6,23(22)17-24(38-20(2)34)27(19)39-21(3)35)14-16-33(8)26-18-30(5,28(36)37)12-11-29(26,4)13-15-32(25,33)7/h10,17,26H,9,11-16,18H2,1-8H3,(H,36,37)/t26?,29-,30-,31+,32-,33+/m1/s1. The Kier molecular flexibility index (Phi) is 6.22. The smallest absolute Gasteiger partial charge is 0.309 e. The Bertz CT molecular complexity index is 1310. The topological polar surface area (TPSA) is 89.9 Å². The highest BCUT2D eigenvalue weighted by Crippen LogP contribution is 2.74. The van der Waals surface area contributed by atoms with E-state index in [2.05, 4.69) is 33.8 Å². The Morgan fingerprint density at radius 2 is 1.54 bits per heavy atom. The zero-order chi connectivity index (χ0) is 28.8. The summed E-state index contributed by atoms with van der Waals surface area (Å²) < 4.78 is 11.2. The highest BCUT2D eigenvalue weighted by atomic mass is 16.6. The van der Waals surface area contributed by atoms with E-state index in [1.54, 1.807) is 0 Å². The van der Waals surface area contributed by atoms with Gasteiger partial charge in [0, 0.05) is 19.3 Å². The number of hydrogen-bond donors (Lipinski definition) is 1. The molecule has 212 valence electrons. The summed E-state index contributed by atoms with van der Waals surface area (Å²) in [4.78, 5) is 36.3. The normalized spacial score (nSPS) is 38.8. The summed E-state index contributed by atoms with van der Waals surface area (Å²) in [6.07, 6.45) is 9.70. The summed E-state index contributed by atoms with van der Waals surface area (Å²) in [7, 11) is 0. The number of esters is 2. The van der Waals surface area contributed by atoms with E-state index in [1.165, 1.54) is 19.4 Å². The SMILES string of the molecule is CC(=O)Oc1cc2c(c(C)c1OC(C)=O)CC=C1[C@@]2(C)CC[C@@]2(C)C3C[C@](C)(C(=O)O)CC[C@]3(C)CC[C@]12C. The Morgan fingerprint density at radius 1 is 0.897 bits per heavy atom. The van der Waals surface area contributed by atoms with E-state index in [0.717, 1.165) is 68.1 Å². The van der Waals surface area contributed by atoms with Gasteiger partial charge in [-0.3, -0.25) is 14.4 Å². The van der Waals surface area contributed by atoms with E-state index < -0.39 is 23.3 Å². The quantitative estimate of drug-likeness (QED) is 0.252. The second-order valence-electron chi connectivity index (χ2n) is 14.2. The molecular weight excluding hydrogens is 492 g/mol. The number of fused-ring (bicyclic) bond motifs is 7. The molecule has 0 aliphatic heterocycles. The van der Waals surface area contributed by atoms with Crippen molar-refractivity contribution in [2.24, 2.45) is 27.6 Å². The number of hydrogen-bond acceptors (Lipinski definition) is 5. The number of carbonyl (C=O) groups is 3. The van der Waals surface area contributed by atoms with E-state index >= 15 is 0 Å². The molecule has 1 N–H and O–H groups in total. The van der Waals surface area contributed by atoms with Crippen molar-refractivity contribution in [3.8, 4) is 11.5 Å². The lowest BCUT2D eigenvalue weighted by Gasteiger charge is -2.69. The third-order valence-corrected chi connectivity index (χ3v) is 12.0. The molecule has 1 aromatic carbocycles. The van der Waals surface area contributed by atoms with Gasteiger partial charge in [-0.25, -0.2) is 0 Å². The molecule has 6 heteroatoms. The first-order valence-electron chi connectivity index (χ1n) is 14.5. The van der Waals surface area contributed by atoms with Crippen LogP contribution in [0.2, 0.25) is 0 Å². The van der Waals surface area contributed by atoms with Crippen molar-refractivity contribution in [2.45, 2.75) is 112 Å². The van der Waals surface area contributed by atoms with Crippen LogP contribution >= 0.6 is 0 Å². The van der Waals surface area contributed by atoms with Crippen molar-refractivity contribution in [3.05, 3.63) is 34.4 Å². The first kappa shape index (κ1) is 27.9. The van der Waals surface area contributed by atoms with Crippen molar-refractivity contribution in [1.29, 1.82) is 0 Å². The molecule has 0 radical (unpaired) electrons. The molecule has 0 bridgehead atoms. The predicted octanol–water partition coefficient (Wildman–Crippen LogP) is 7.08. The molecule has 4 aliphatic rings. The van der Waals surface area contributed by atoms with Crippen molar-refractivity contribution in [1.82, 2.24) is 0 Å². The number of aliphatic carboxylic acids is 1. The molecule has 0 aromatic heterocycles. The number of carboxylic acids is 1. The number of allylic oxidation sites excluding steroid dienone is 2. The zero-order valence-electron chi connectivity index (χ0n) is 24.9. The largest absolute Gasteiger partial charge is 0.481 e. The molecule has 4 aliphatic carbocycles. The molecule has 6 nitrogen and oxygen atoms in total. The lowest BCUT2D eigenvalue weighted by Crippen LogP contribution is -2.62. The summed E-state index contributed by atoms with van der Waals surface area (Å²) in [5, 5.41) is 10.2. The van der Waals surface area contributed by atoms with Crippen molar-refractivity contribution >= 4 is 17.9 Å². The summed E-state index contributed by atoms with van der Waals surface area (Å²) in [6, 6.07) is 1.94. The Labute approximate surface area is 232 Å². The van der Waals surface area contributed by atoms with E-state index in [4.69, 9.17) is 9.47 Å². The van der Waals surface area contributed by atoms with Crippen LogP contribution in [0.15, 0.2) is 17.7 Å². The predicted molar refractivity (Wildman–Crippen MR) is 149 cm³/mol. The van der Waals surface area contributed by atoms with Crippen LogP contribution in [0.25, 0.3) is 0 Å². The lowest BCUT2D eigenvalue weighted by molar-refractivity contribution is -0.177. The molecule has 1 unspecified atom stereocenters. The average molecular weight is 537 g/mol. The summed E-state index contributed by atoms with van der Waals surface area (Å²) in [6.45, 7) is 16.2. The number of carboxylic acid groups (broad SMARTS) is 1. The van der Waals surface area contributed by atoms with Crippen LogP contribution in [0.4, 0.5) is 0 Å². The third-order valence-electron chi connectivity index (χ3n) is 12.0. The number of benzene rings is 1. The van der Waals surface area contributed by atoms with Gasteiger partial charge < -0.3 is 14.6 Å². The molecule has 1 aromatic rings. The maximum atomic E-state index is 12.4. The van der Waals surface area contributed by atoms with Crippen LogP contribution < -0.4 is 9.47 Å². The zero-order valence-corrected chi connectivity index (χ0v) is 24.9. The molecule has 5 rings (SSSR count). The maximum absolute atomic E-state index is 12.4. The van der Waals surface area contributed by atoms with Gasteiger partial charge in [0.1, 0.15) is 0 Å². The third kappa shape index (κ3) is 3.83. The number of ether oxygens (including phenoxy) is 2.